The normalized spacial score (nSPS) is 22.9. The molecule has 0 aromatic carbocycles. The van der Waals surface area contributed by atoms with Crippen molar-refractivity contribution in [2.24, 2.45) is 5.41 Å². The van der Waals surface area contributed by atoms with Gasteiger partial charge in [0.15, 0.2) is 0 Å². The fraction of sp³-hybridized carbons (Fsp3) is 1.00. The zero-order valence-corrected chi connectivity index (χ0v) is 12.6. The molecule has 0 spiro atoms. The Balaban J connectivity index is 2.35. The van der Waals surface area contributed by atoms with Crippen molar-refractivity contribution in [2.75, 3.05) is 20.1 Å². The smallest absolute Gasteiger partial charge is 0.0192 e. The third kappa shape index (κ3) is 4.97. The van der Waals surface area contributed by atoms with E-state index in [1.165, 1.54) is 38.6 Å². The second kappa shape index (κ2) is 6.75. The molecule has 0 aromatic rings. The first-order chi connectivity index (χ1) is 7.98. The molecule has 0 amide bonds. The van der Waals surface area contributed by atoms with E-state index in [-0.39, 0.29) is 0 Å². The predicted octanol–water partition coefficient (Wildman–Crippen LogP) is 3.28. The average molecular weight is 240 g/mol. The first-order valence-corrected chi connectivity index (χ1v) is 7.42. The van der Waals surface area contributed by atoms with Gasteiger partial charge in [-0.3, -0.25) is 0 Å². The van der Waals surface area contributed by atoms with E-state index in [1.54, 1.807) is 0 Å². The maximum absolute atomic E-state index is 3.58. The van der Waals surface area contributed by atoms with Gasteiger partial charge in [0.05, 0.1) is 0 Å². The summed E-state index contributed by atoms with van der Waals surface area (Å²) >= 11 is 0. The predicted molar refractivity (Wildman–Crippen MR) is 76.4 cm³/mol. The second-order valence-electron chi connectivity index (χ2n) is 6.50. The van der Waals surface area contributed by atoms with Crippen LogP contribution in [0.4, 0.5) is 0 Å². The molecule has 1 aliphatic rings. The molecule has 102 valence electrons. The van der Waals surface area contributed by atoms with Crippen LogP contribution in [-0.4, -0.2) is 37.1 Å². The Morgan fingerprint density at radius 3 is 2.29 bits per heavy atom. The van der Waals surface area contributed by atoms with E-state index in [2.05, 4.69) is 45.0 Å². The topological polar surface area (TPSA) is 15.3 Å². The molecule has 2 nitrogen and oxygen atoms in total. The molecule has 0 aliphatic heterocycles. The van der Waals surface area contributed by atoms with Gasteiger partial charge in [-0.2, -0.15) is 0 Å². The molecule has 1 atom stereocenters. The molecule has 0 heterocycles. The van der Waals surface area contributed by atoms with E-state index in [4.69, 9.17) is 0 Å². The molecule has 0 bridgehead atoms. The number of nitrogens with one attached hydrogen (secondary N) is 1. The Morgan fingerprint density at radius 2 is 1.82 bits per heavy atom. The highest BCUT2D eigenvalue weighted by atomic mass is 15.2. The Morgan fingerprint density at radius 1 is 1.24 bits per heavy atom. The van der Waals surface area contributed by atoms with Gasteiger partial charge in [0.2, 0.25) is 0 Å². The van der Waals surface area contributed by atoms with Gasteiger partial charge in [0, 0.05) is 18.6 Å². The molecule has 1 saturated carbocycles. The van der Waals surface area contributed by atoms with Gasteiger partial charge in [-0.25, -0.2) is 0 Å². The molecule has 0 radical (unpaired) electrons. The third-order valence-electron chi connectivity index (χ3n) is 4.43. The Hall–Kier alpha value is -0.0800. The first kappa shape index (κ1) is 15.0. The van der Waals surface area contributed by atoms with Crippen molar-refractivity contribution in [1.29, 1.82) is 0 Å². The fourth-order valence-corrected chi connectivity index (χ4v) is 2.95. The minimum Gasteiger partial charge on any atom is -0.313 e. The van der Waals surface area contributed by atoms with E-state index in [0.29, 0.717) is 11.5 Å². The van der Waals surface area contributed by atoms with Crippen LogP contribution in [-0.2, 0) is 0 Å². The summed E-state index contributed by atoms with van der Waals surface area (Å²) in [5.74, 6) is 0. The van der Waals surface area contributed by atoms with E-state index in [1.807, 2.05) is 0 Å². The molecule has 17 heavy (non-hydrogen) atoms. The number of hydrogen-bond acceptors (Lipinski definition) is 2. The molecule has 1 fully saturated rings. The van der Waals surface area contributed by atoms with Crippen LogP contribution in [0.15, 0.2) is 0 Å². The van der Waals surface area contributed by atoms with E-state index >= 15 is 0 Å². The number of likely N-dealkylation sites (N-methyl/N-ethyl adjacent to an activating group) is 2. The highest BCUT2D eigenvalue weighted by Gasteiger charge is 2.29. The molecule has 1 rings (SSSR count). The van der Waals surface area contributed by atoms with Gasteiger partial charge >= 0.3 is 0 Å². The molecular formula is C15H32N2. The second-order valence-corrected chi connectivity index (χ2v) is 6.50. The maximum atomic E-state index is 3.58. The van der Waals surface area contributed by atoms with Gasteiger partial charge in [-0.1, -0.05) is 27.7 Å². The van der Waals surface area contributed by atoms with Gasteiger partial charge in [-0.15, -0.1) is 0 Å². The largest absolute Gasteiger partial charge is 0.313 e. The molecule has 1 N–H and O–H groups in total. The average Bonchev–Trinajstić information content (AvgIpc) is 2.28. The lowest BCUT2D eigenvalue weighted by Crippen LogP contribution is -2.45. The Kier molecular flexibility index (Phi) is 5.94. The highest BCUT2D eigenvalue weighted by molar-refractivity contribution is 4.84. The van der Waals surface area contributed by atoms with Crippen molar-refractivity contribution in [3.8, 4) is 0 Å². The van der Waals surface area contributed by atoms with Crippen molar-refractivity contribution in [3.05, 3.63) is 0 Å². The van der Waals surface area contributed by atoms with Crippen LogP contribution in [0, 0.1) is 5.41 Å². The van der Waals surface area contributed by atoms with Crippen LogP contribution >= 0.6 is 0 Å². The van der Waals surface area contributed by atoms with E-state index in [9.17, 15) is 0 Å². The SMILES string of the molecule is CCNC(CC)CN(C)C1CCC(C)(C)CC1. The summed E-state index contributed by atoms with van der Waals surface area (Å²) in [6.45, 7) is 11.6. The lowest BCUT2D eigenvalue weighted by atomic mass is 9.75. The van der Waals surface area contributed by atoms with Crippen molar-refractivity contribution in [2.45, 2.75) is 71.9 Å². The zero-order chi connectivity index (χ0) is 12.9. The van der Waals surface area contributed by atoms with Gasteiger partial charge in [0.25, 0.3) is 0 Å². The summed E-state index contributed by atoms with van der Waals surface area (Å²) in [7, 11) is 2.31. The first-order valence-electron chi connectivity index (χ1n) is 7.42. The lowest BCUT2D eigenvalue weighted by Gasteiger charge is -2.39. The quantitative estimate of drug-likeness (QED) is 0.766. The van der Waals surface area contributed by atoms with E-state index in [0.717, 1.165) is 12.6 Å². The van der Waals surface area contributed by atoms with Crippen LogP contribution < -0.4 is 5.32 Å². The summed E-state index contributed by atoms with van der Waals surface area (Å²) in [6, 6.07) is 1.48. The van der Waals surface area contributed by atoms with Crippen molar-refractivity contribution in [1.82, 2.24) is 10.2 Å². The number of rotatable bonds is 6. The fourth-order valence-electron chi connectivity index (χ4n) is 2.95. The van der Waals surface area contributed by atoms with Gasteiger partial charge < -0.3 is 10.2 Å². The lowest BCUT2D eigenvalue weighted by molar-refractivity contribution is 0.119. The molecule has 2 heteroatoms. The summed E-state index contributed by atoms with van der Waals surface area (Å²) in [6.07, 6.45) is 6.77. The Labute approximate surface area is 108 Å². The van der Waals surface area contributed by atoms with Crippen LogP contribution in [0.2, 0.25) is 0 Å². The number of hydrogen-bond donors (Lipinski definition) is 1. The molecular weight excluding hydrogens is 208 g/mol. The van der Waals surface area contributed by atoms with Crippen LogP contribution in [0.3, 0.4) is 0 Å². The summed E-state index contributed by atoms with van der Waals surface area (Å²) in [4.78, 5) is 2.59. The third-order valence-corrected chi connectivity index (χ3v) is 4.43. The Bertz CT molecular complexity index is 203. The van der Waals surface area contributed by atoms with Gasteiger partial charge in [-0.05, 0) is 51.1 Å². The molecule has 1 aliphatic carbocycles. The van der Waals surface area contributed by atoms with Crippen LogP contribution in [0.1, 0.15) is 59.8 Å². The monoisotopic (exact) mass is 240 g/mol. The van der Waals surface area contributed by atoms with Crippen LogP contribution in [0.25, 0.3) is 0 Å². The molecule has 0 saturated heterocycles. The zero-order valence-electron chi connectivity index (χ0n) is 12.6. The van der Waals surface area contributed by atoms with Crippen LogP contribution in [0.5, 0.6) is 0 Å². The highest BCUT2D eigenvalue weighted by Crippen LogP contribution is 2.36. The maximum Gasteiger partial charge on any atom is 0.0192 e. The summed E-state index contributed by atoms with van der Waals surface area (Å²) < 4.78 is 0. The molecule has 1 unspecified atom stereocenters. The summed E-state index contributed by atoms with van der Waals surface area (Å²) in [5, 5.41) is 3.58. The minimum atomic E-state index is 0.586. The van der Waals surface area contributed by atoms with Gasteiger partial charge in [0.1, 0.15) is 0 Å². The van der Waals surface area contributed by atoms with Crippen molar-refractivity contribution >= 4 is 0 Å². The minimum absolute atomic E-state index is 0.586. The van der Waals surface area contributed by atoms with E-state index < -0.39 is 0 Å². The molecule has 0 aromatic heterocycles. The number of nitrogens with zero attached hydrogens (tertiary/aromatic N) is 1. The summed E-state index contributed by atoms with van der Waals surface area (Å²) in [5.41, 5.74) is 0.586. The van der Waals surface area contributed by atoms with Crippen molar-refractivity contribution in [3.63, 3.8) is 0 Å². The van der Waals surface area contributed by atoms with Crippen molar-refractivity contribution < 1.29 is 0 Å². The standard InChI is InChI=1S/C15H32N2/c1-6-13(16-7-2)12-17(5)14-8-10-15(3,4)11-9-14/h13-14,16H,6-12H2,1-5H3.